The number of aryl methyl sites for hydroxylation is 1. The van der Waals surface area contributed by atoms with Gasteiger partial charge in [0, 0.05) is 12.2 Å². The highest BCUT2D eigenvalue weighted by Crippen LogP contribution is 2.26. The quantitative estimate of drug-likeness (QED) is 0.911. The molecule has 0 fully saturated rings. The third-order valence-electron chi connectivity index (χ3n) is 2.53. The van der Waals surface area contributed by atoms with Crippen molar-refractivity contribution < 1.29 is 4.74 Å². The van der Waals surface area contributed by atoms with Gasteiger partial charge in [-0.2, -0.15) is 5.10 Å². The second kappa shape index (κ2) is 4.77. The maximum absolute atomic E-state index is 6.08. The number of nitrogens with zero attached hydrogens (tertiary/aromatic N) is 2. The summed E-state index contributed by atoms with van der Waals surface area (Å²) in [5.74, 6) is 0.652. The number of rotatable bonds is 3. The minimum absolute atomic E-state index is 0.428. The Labute approximate surface area is 105 Å². The Morgan fingerprint density at radius 1 is 1.41 bits per heavy atom. The summed E-state index contributed by atoms with van der Waals surface area (Å²) in [7, 11) is 1.59. The van der Waals surface area contributed by atoms with E-state index in [9.17, 15) is 0 Å². The molecule has 1 heterocycles. The number of halogens is 1. The van der Waals surface area contributed by atoms with Gasteiger partial charge in [-0.1, -0.05) is 11.6 Å². The van der Waals surface area contributed by atoms with Crippen LogP contribution in [0.15, 0.2) is 24.3 Å². The van der Waals surface area contributed by atoms with E-state index in [1.54, 1.807) is 7.11 Å². The van der Waals surface area contributed by atoms with Crippen LogP contribution in [0.1, 0.15) is 11.4 Å². The number of ether oxygens (including phenoxy) is 1. The van der Waals surface area contributed by atoms with Gasteiger partial charge in [0.25, 0.3) is 0 Å². The minimum Gasteiger partial charge on any atom is -0.495 e. The smallest absolute Gasteiger partial charge is 0.137 e. The number of methoxy groups -OCH3 is 1. The second-order valence-electron chi connectivity index (χ2n) is 3.71. The average molecular weight is 252 g/mol. The van der Waals surface area contributed by atoms with E-state index in [0.29, 0.717) is 17.3 Å². The van der Waals surface area contributed by atoms with Crippen LogP contribution in [0, 0.1) is 6.92 Å². The Morgan fingerprint density at radius 3 is 2.71 bits per heavy atom. The topological polar surface area (TPSA) is 53.1 Å². The molecule has 0 saturated carbocycles. The molecule has 2 aromatic rings. The number of benzene rings is 1. The molecule has 90 valence electrons. The van der Waals surface area contributed by atoms with E-state index in [1.165, 1.54) is 0 Å². The van der Waals surface area contributed by atoms with Crippen LogP contribution < -0.4 is 10.5 Å². The van der Waals surface area contributed by atoms with Crippen LogP contribution in [-0.2, 0) is 6.54 Å². The lowest BCUT2D eigenvalue weighted by atomic mass is 10.3. The van der Waals surface area contributed by atoms with E-state index in [2.05, 4.69) is 5.10 Å². The van der Waals surface area contributed by atoms with Gasteiger partial charge in [0.15, 0.2) is 0 Å². The molecule has 17 heavy (non-hydrogen) atoms. The molecule has 0 bridgehead atoms. The molecule has 1 aromatic carbocycles. The molecule has 0 amide bonds. The summed E-state index contributed by atoms with van der Waals surface area (Å²) in [6, 6.07) is 7.50. The van der Waals surface area contributed by atoms with Crippen LogP contribution in [0.3, 0.4) is 0 Å². The summed E-state index contributed by atoms with van der Waals surface area (Å²) in [5, 5.41) is 4.95. The standard InChI is InChI=1S/C12H14ClN3O/c1-8-5-9(7-14)15-16(8)10-3-4-12(17-2)11(13)6-10/h3-6H,7,14H2,1-2H3. The van der Waals surface area contributed by atoms with Crippen molar-refractivity contribution in [1.82, 2.24) is 9.78 Å². The van der Waals surface area contributed by atoms with Crippen LogP contribution >= 0.6 is 11.6 Å². The van der Waals surface area contributed by atoms with Gasteiger partial charge >= 0.3 is 0 Å². The molecule has 2 rings (SSSR count). The predicted octanol–water partition coefficient (Wildman–Crippen LogP) is 2.30. The SMILES string of the molecule is COc1ccc(-n2nc(CN)cc2C)cc1Cl. The predicted molar refractivity (Wildman–Crippen MR) is 67.8 cm³/mol. The Morgan fingerprint density at radius 2 is 2.18 bits per heavy atom. The molecule has 0 unspecified atom stereocenters. The Balaban J connectivity index is 2.45. The highest BCUT2D eigenvalue weighted by molar-refractivity contribution is 6.32. The fourth-order valence-corrected chi connectivity index (χ4v) is 1.94. The number of hydrogen-bond donors (Lipinski definition) is 1. The molecule has 0 aliphatic heterocycles. The fraction of sp³-hybridized carbons (Fsp3) is 0.250. The van der Waals surface area contributed by atoms with Gasteiger partial charge in [-0.05, 0) is 31.2 Å². The summed E-state index contributed by atoms with van der Waals surface area (Å²) in [4.78, 5) is 0. The second-order valence-corrected chi connectivity index (χ2v) is 4.12. The Bertz CT molecular complexity index is 537. The zero-order valence-electron chi connectivity index (χ0n) is 9.77. The van der Waals surface area contributed by atoms with Gasteiger partial charge < -0.3 is 10.5 Å². The first-order chi connectivity index (χ1) is 8.15. The van der Waals surface area contributed by atoms with Crippen LogP contribution in [-0.4, -0.2) is 16.9 Å². The lowest BCUT2D eigenvalue weighted by Gasteiger charge is -2.07. The molecule has 0 radical (unpaired) electrons. The number of nitrogens with two attached hydrogens (primary N) is 1. The highest BCUT2D eigenvalue weighted by atomic mass is 35.5. The van der Waals surface area contributed by atoms with E-state index in [0.717, 1.165) is 17.1 Å². The first kappa shape index (κ1) is 12.0. The Hall–Kier alpha value is -1.52. The normalized spacial score (nSPS) is 10.6. The van der Waals surface area contributed by atoms with Crippen LogP contribution in [0.25, 0.3) is 5.69 Å². The van der Waals surface area contributed by atoms with Crippen molar-refractivity contribution in [2.45, 2.75) is 13.5 Å². The molecule has 0 aliphatic rings. The van der Waals surface area contributed by atoms with Crippen molar-refractivity contribution in [3.8, 4) is 11.4 Å². The van der Waals surface area contributed by atoms with Crippen molar-refractivity contribution in [3.63, 3.8) is 0 Å². The maximum atomic E-state index is 6.08. The molecule has 1 aromatic heterocycles. The van der Waals surface area contributed by atoms with Gasteiger partial charge in [-0.15, -0.1) is 0 Å². The monoisotopic (exact) mass is 251 g/mol. The lowest BCUT2D eigenvalue weighted by molar-refractivity contribution is 0.415. The summed E-state index contributed by atoms with van der Waals surface area (Å²) in [6.45, 7) is 2.40. The van der Waals surface area contributed by atoms with Crippen molar-refractivity contribution >= 4 is 11.6 Å². The summed E-state index contributed by atoms with van der Waals surface area (Å²) >= 11 is 6.08. The summed E-state index contributed by atoms with van der Waals surface area (Å²) in [6.07, 6.45) is 0. The molecule has 5 heteroatoms. The molecular formula is C12H14ClN3O. The van der Waals surface area contributed by atoms with E-state index >= 15 is 0 Å². The van der Waals surface area contributed by atoms with Gasteiger partial charge in [-0.3, -0.25) is 0 Å². The van der Waals surface area contributed by atoms with Gasteiger partial charge in [-0.25, -0.2) is 4.68 Å². The van der Waals surface area contributed by atoms with Crippen LogP contribution in [0.4, 0.5) is 0 Å². The molecule has 0 spiro atoms. The molecule has 0 saturated heterocycles. The van der Waals surface area contributed by atoms with Crippen molar-refractivity contribution in [3.05, 3.63) is 40.7 Å². The Kier molecular flexibility index (Phi) is 3.36. The molecular weight excluding hydrogens is 238 g/mol. The zero-order valence-corrected chi connectivity index (χ0v) is 10.5. The molecule has 2 N–H and O–H groups in total. The average Bonchev–Trinajstić information content (AvgIpc) is 2.70. The van der Waals surface area contributed by atoms with Crippen molar-refractivity contribution in [2.75, 3.05) is 7.11 Å². The van der Waals surface area contributed by atoms with E-state index in [1.807, 2.05) is 35.9 Å². The van der Waals surface area contributed by atoms with Crippen molar-refractivity contribution in [1.29, 1.82) is 0 Å². The first-order valence-electron chi connectivity index (χ1n) is 5.25. The number of hydrogen-bond acceptors (Lipinski definition) is 3. The van der Waals surface area contributed by atoms with Crippen molar-refractivity contribution in [2.24, 2.45) is 5.73 Å². The third kappa shape index (κ3) is 2.28. The third-order valence-corrected chi connectivity index (χ3v) is 2.82. The lowest BCUT2D eigenvalue weighted by Crippen LogP contribution is -2.02. The summed E-state index contributed by atoms with van der Waals surface area (Å²) in [5.41, 5.74) is 8.34. The maximum Gasteiger partial charge on any atom is 0.137 e. The minimum atomic E-state index is 0.428. The number of aromatic nitrogens is 2. The van der Waals surface area contributed by atoms with E-state index in [4.69, 9.17) is 22.1 Å². The van der Waals surface area contributed by atoms with Gasteiger partial charge in [0.2, 0.25) is 0 Å². The summed E-state index contributed by atoms with van der Waals surface area (Å²) < 4.78 is 6.92. The van der Waals surface area contributed by atoms with Crippen LogP contribution in [0.5, 0.6) is 5.75 Å². The largest absolute Gasteiger partial charge is 0.495 e. The van der Waals surface area contributed by atoms with E-state index < -0.39 is 0 Å². The fourth-order valence-electron chi connectivity index (χ4n) is 1.69. The molecule has 0 atom stereocenters. The van der Waals surface area contributed by atoms with Gasteiger partial charge in [0.05, 0.1) is 23.5 Å². The molecule has 0 aliphatic carbocycles. The zero-order chi connectivity index (χ0) is 12.4. The van der Waals surface area contributed by atoms with E-state index in [-0.39, 0.29) is 0 Å². The van der Waals surface area contributed by atoms with Gasteiger partial charge in [0.1, 0.15) is 5.75 Å². The first-order valence-corrected chi connectivity index (χ1v) is 5.63. The van der Waals surface area contributed by atoms with Crippen LogP contribution in [0.2, 0.25) is 5.02 Å². The highest BCUT2D eigenvalue weighted by Gasteiger charge is 2.07. The molecule has 4 nitrogen and oxygen atoms in total.